The molecule has 0 bridgehead atoms. The Morgan fingerprint density at radius 2 is 2.07 bits per heavy atom. The Bertz CT molecular complexity index is 1110. The van der Waals surface area contributed by atoms with Gasteiger partial charge in [0.15, 0.2) is 0 Å². The predicted molar refractivity (Wildman–Crippen MR) is 105 cm³/mol. The van der Waals surface area contributed by atoms with Gasteiger partial charge in [-0.2, -0.15) is 0 Å². The van der Waals surface area contributed by atoms with Crippen molar-refractivity contribution < 1.29 is 18.8 Å². The summed E-state index contributed by atoms with van der Waals surface area (Å²) in [6, 6.07) is 10.6. The van der Waals surface area contributed by atoms with Crippen LogP contribution in [0.5, 0.6) is 0 Å². The van der Waals surface area contributed by atoms with Crippen LogP contribution < -0.4 is 10.6 Å². The van der Waals surface area contributed by atoms with Crippen LogP contribution in [0, 0.1) is 5.82 Å². The Kier molecular flexibility index (Phi) is 4.74. The van der Waals surface area contributed by atoms with Gasteiger partial charge >= 0.3 is 6.03 Å². The molecule has 28 heavy (non-hydrogen) atoms. The van der Waals surface area contributed by atoms with Crippen LogP contribution in [-0.2, 0) is 11.3 Å². The summed E-state index contributed by atoms with van der Waals surface area (Å²) in [4.78, 5) is 37.4. The number of benzene rings is 2. The minimum atomic E-state index is -0.441. The molecule has 1 aliphatic rings. The van der Waals surface area contributed by atoms with Gasteiger partial charge in [0.1, 0.15) is 10.7 Å². The van der Waals surface area contributed by atoms with Crippen LogP contribution in [-0.4, -0.2) is 29.3 Å². The Morgan fingerprint density at radius 3 is 2.82 bits per heavy atom. The highest BCUT2D eigenvalue weighted by atomic mass is 35.5. The maximum atomic E-state index is 13.4. The number of halogens is 2. The Balaban J connectivity index is 1.54. The van der Waals surface area contributed by atoms with Gasteiger partial charge in [-0.1, -0.05) is 23.7 Å². The van der Waals surface area contributed by atoms with Gasteiger partial charge in [-0.25, -0.2) is 9.18 Å². The van der Waals surface area contributed by atoms with Gasteiger partial charge in [0.2, 0.25) is 5.91 Å². The largest absolute Gasteiger partial charge is 0.329 e. The van der Waals surface area contributed by atoms with Crippen molar-refractivity contribution in [2.24, 2.45) is 0 Å². The molecular weight excluding hydrogens is 405 g/mol. The van der Waals surface area contributed by atoms with Crippen LogP contribution in [0.4, 0.5) is 14.9 Å². The van der Waals surface area contributed by atoms with E-state index in [-0.39, 0.29) is 28.9 Å². The van der Waals surface area contributed by atoms with Crippen molar-refractivity contribution >= 4 is 56.6 Å². The van der Waals surface area contributed by atoms with E-state index in [9.17, 15) is 18.8 Å². The second kappa shape index (κ2) is 7.21. The van der Waals surface area contributed by atoms with Gasteiger partial charge in [-0.15, -0.1) is 11.3 Å². The first-order valence-electron chi connectivity index (χ1n) is 8.28. The quantitative estimate of drug-likeness (QED) is 0.630. The molecule has 1 fully saturated rings. The van der Waals surface area contributed by atoms with Gasteiger partial charge in [0, 0.05) is 15.8 Å². The number of urea groups is 1. The lowest BCUT2D eigenvalue weighted by Gasteiger charge is -2.13. The lowest BCUT2D eigenvalue weighted by Crippen LogP contribution is -2.30. The molecule has 1 aliphatic heterocycles. The average molecular weight is 418 g/mol. The zero-order valence-corrected chi connectivity index (χ0v) is 15.9. The lowest BCUT2D eigenvalue weighted by atomic mass is 10.2. The first-order valence-corrected chi connectivity index (χ1v) is 9.48. The van der Waals surface area contributed by atoms with Gasteiger partial charge in [-0.3, -0.25) is 14.5 Å². The van der Waals surface area contributed by atoms with Crippen molar-refractivity contribution in [2.75, 3.05) is 11.9 Å². The van der Waals surface area contributed by atoms with Gasteiger partial charge in [0.25, 0.3) is 5.91 Å². The maximum absolute atomic E-state index is 13.4. The van der Waals surface area contributed by atoms with Crippen LogP contribution in [0.15, 0.2) is 42.5 Å². The van der Waals surface area contributed by atoms with E-state index in [0.717, 1.165) is 16.2 Å². The highest BCUT2D eigenvalue weighted by Crippen LogP contribution is 2.36. The van der Waals surface area contributed by atoms with E-state index < -0.39 is 17.8 Å². The topological polar surface area (TPSA) is 78.5 Å². The molecule has 2 N–H and O–H groups in total. The fourth-order valence-corrected chi connectivity index (χ4v) is 4.36. The summed E-state index contributed by atoms with van der Waals surface area (Å²) in [5.41, 5.74) is 1.18. The van der Waals surface area contributed by atoms with Crippen molar-refractivity contribution in [1.82, 2.24) is 10.2 Å². The number of carbonyl (C=O) groups excluding carboxylic acids is 3. The van der Waals surface area contributed by atoms with Crippen molar-refractivity contribution in [2.45, 2.75) is 6.54 Å². The Morgan fingerprint density at radius 1 is 1.25 bits per heavy atom. The number of hydrogen-bond acceptors (Lipinski definition) is 4. The van der Waals surface area contributed by atoms with Crippen LogP contribution in [0.3, 0.4) is 0 Å². The van der Waals surface area contributed by atoms with Crippen LogP contribution in [0.25, 0.3) is 10.1 Å². The van der Waals surface area contributed by atoms with E-state index in [1.165, 1.54) is 12.1 Å². The van der Waals surface area contributed by atoms with Crippen molar-refractivity contribution in [3.8, 4) is 0 Å². The molecule has 4 amide bonds. The van der Waals surface area contributed by atoms with E-state index in [4.69, 9.17) is 11.6 Å². The first kappa shape index (κ1) is 18.4. The van der Waals surface area contributed by atoms with Crippen LogP contribution in [0.2, 0.25) is 5.02 Å². The highest BCUT2D eigenvalue weighted by Gasteiger charge is 2.28. The molecule has 0 atom stereocenters. The van der Waals surface area contributed by atoms with Crippen molar-refractivity contribution in [3.63, 3.8) is 0 Å². The van der Waals surface area contributed by atoms with Crippen molar-refractivity contribution in [1.29, 1.82) is 0 Å². The molecule has 9 heteroatoms. The molecule has 0 spiro atoms. The number of nitrogens with one attached hydrogen (secondary N) is 2. The zero-order valence-electron chi connectivity index (χ0n) is 14.3. The minimum absolute atomic E-state index is 0.0136. The van der Waals surface area contributed by atoms with Gasteiger partial charge < -0.3 is 10.6 Å². The molecule has 2 heterocycles. The number of carbonyl (C=O) groups is 3. The summed E-state index contributed by atoms with van der Waals surface area (Å²) in [6.45, 7) is 0.0948. The average Bonchev–Trinajstić information content (AvgIpc) is 3.15. The minimum Gasteiger partial charge on any atom is -0.329 e. The number of thiophene rings is 1. The fraction of sp³-hybridized carbons (Fsp3) is 0.105. The van der Waals surface area contributed by atoms with Crippen molar-refractivity contribution in [3.05, 3.63) is 63.7 Å². The fourth-order valence-electron chi connectivity index (χ4n) is 2.92. The molecule has 6 nitrogen and oxygen atoms in total. The highest BCUT2D eigenvalue weighted by molar-refractivity contribution is 7.21. The molecule has 142 valence electrons. The summed E-state index contributed by atoms with van der Waals surface area (Å²) in [5, 5.41) is 6.10. The summed E-state index contributed by atoms with van der Waals surface area (Å²) < 4.78 is 14.0. The van der Waals surface area contributed by atoms with Gasteiger partial charge in [0.05, 0.1) is 18.1 Å². The monoisotopic (exact) mass is 417 g/mol. The Hall–Kier alpha value is -2.97. The molecule has 0 saturated carbocycles. The molecule has 4 rings (SSSR count). The Labute approximate surface area is 167 Å². The first-order chi connectivity index (χ1) is 13.4. The molecule has 0 unspecified atom stereocenters. The maximum Gasteiger partial charge on any atom is 0.324 e. The number of imide groups is 1. The number of nitrogens with zero attached hydrogens (tertiary/aromatic N) is 1. The molecule has 2 aromatic carbocycles. The lowest BCUT2D eigenvalue weighted by molar-refractivity contribution is -0.125. The third-order valence-corrected chi connectivity index (χ3v) is 5.92. The summed E-state index contributed by atoms with van der Waals surface area (Å²) in [7, 11) is 0. The summed E-state index contributed by atoms with van der Waals surface area (Å²) in [5.74, 6) is -1.12. The van der Waals surface area contributed by atoms with Crippen LogP contribution >= 0.6 is 22.9 Å². The third-order valence-electron chi connectivity index (χ3n) is 4.26. The van der Waals surface area contributed by atoms with E-state index in [1.807, 2.05) is 0 Å². The summed E-state index contributed by atoms with van der Waals surface area (Å²) >= 11 is 7.39. The SMILES string of the molecule is O=C(Nc1cccc(CN2C(=O)CNC2=O)c1)c1sc2cc(F)ccc2c1Cl. The second-order valence-corrected chi connectivity index (χ2v) is 7.61. The number of fused-ring (bicyclic) bond motifs is 1. The van der Waals surface area contributed by atoms with E-state index >= 15 is 0 Å². The third kappa shape index (κ3) is 3.44. The normalized spacial score (nSPS) is 13.9. The van der Waals surface area contributed by atoms with E-state index in [0.29, 0.717) is 21.3 Å². The van der Waals surface area contributed by atoms with E-state index in [1.54, 1.807) is 30.3 Å². The van der Waals surface area contributed by atoms with Gasteiger partial charge in [-0.05, 0) is 35.9 Å². The standard InChI is InChI=1S/C19H13ClFN3O3S/c20-16-13-5-4-11(21)7-14(13)28-17(16)18(26)23-12-3-1-2-10(6-12)9-24-15(25)8-22-19(24)27/h1-7H,8-9H2,(H,22,27)(H,23,26). The number of hydrogen-bond donors (Lipinski definition) is 2. The molecule has 0 radical (unpaired) electrons. The molecule has 1 aromatic heterocycles. The number of rotatable bonds is 4. The number of anilines is 1. The van der Waals surface area contributed by atoms with Crippen LogP contribution in [0.1, 0.15) is 15.2 Å². The molecule has 1 saturated heterocycles. The zero-order chi connectivity index (χ0) is 19.8. The second-order valence-electron chi connectivity index (χ2n) is 6.18. The predicted octanol–water partition coefficient (Wildman–Crippen LogP) is 4.00. The number of amides is 4. The molecular formula is C19H13ClFN3O3S. The summed E-state index contributed by atoms with van der Waals surface area (Å²) in [6.07, 6.45) is 0. The van der Waals surface area contributed by atoms with E-state index in [2.05, 4.69) is 10.6 Å². The molecule has 3 aromatic rings. The molecule has 0 aliphatic carbocycles. The smallest absolute Gasteiger partial charge is 0.324 e.